The number of nitro groups is 2. The van der Waals surface area contributed by atoms with Crippen LogP contribution in [0.2, 0.25) is 0 Å². The van der Waals surface area contributed by atoms with Crippen LogP contribution >= 0.6 is 0 Å². The van der Waals surface area contributed by atoms with Gasteiger partial charge in [0, 0.05) is 0 Å². The smallest absolute Gasteiger partial charge is 0.372 e. The molecule has 0 aliphatic heterocycles. The van der Waals surface area contributed by atoms with Crippen molar-refractivity contribution in [3.8, 4) is 0 Å². The van der Waals surface area contributed by atoms with Crippen molar-refractivity contribution in [2.45, 2.75) is 6.73 Å². The lowest BCUT2D eigenvalue weighted by Crippen LogP contribution is -1.98. The van der Waals surface area contributed by atoms with Crippen molar-refractivity contribution in [3.05, 3.63) is 26.4 Å². The summed E-state index contributed by atoms with van der Waals surface area (Å²) in [6.07, 6.45) is 0.790. The van der Waals surface area contributed by atoms with Gasteiger partial charge >= 0.3 is 11.5 Å². The van der Waals surface area contributed by atoms with E-state index in [-0.39, 0.29) is 0 Å². The summed E-state index contributed by atoms with van der Waals surface area (Å²) in [7, 11) is 0. The van der Waals surface area contributed by atoms with Gasteiger partial charge in [-0.15, -0.1) is 4.68 Å². The first kappa shape index (κ1) is 9.06. The molecule has 0 bridgehead atoms. The van der Waals surface area contributed by atoms with E-state index in [0.29, 0.717) is 4.68 Å². The summed E-state index contributed by atoms with van der Waals surface area (Å²) in [4.78, 5) is 18.5. The minimum absolute atomic E-state index is 0.644. The van der Waals surface area contributed by atoms with E-state index in [1.54, 1.807) is 0 Å². The molecule has 0 fully saturated rings. The molecule has 0 radical (unpaired) electrons. The van der Waals surface area contributed by atoms with Crippen LogP contribution in [0.5, 0.6) is 0 Å². The molecule has 0 atom stereocenters. The Morgan fingerprint density at radius 2 is 2.08 bits per heavy atom. The molecule has 0 spiro atoms. The van der Waals surface area contributed by atoms with Crippen LogP contribution in [0.3, 0.4) is 0 Å². The molecule has 0 aliphatic rings. The highest BCUT2D eigenvalue weighted by Gasteiger charge is 2.30. The van der Waals surface area contributed by atoms with Crippen LogP contribution in [0.1, 0.15) is 0 Å². The number of aliphatic hydroxyl groups is 1. The van der Waals surface area contributed by atoms with Gasteiger partial charge in [0.2, 0.25) is 0 Å². The molecule has 1 aromatic heterocycles. The molecule has 13 heavy (non-hydrogen) atoms. The molecule has 0 saturated heterocycles. The maximum Gasteiger partial charge on any atom is 0.467 e. The highest BCUT2D eigenvalue weighted by atomic mass is 16.6. The molecule has 9 nitrogen and oxygen atoms in total. The van der Waals surface area contributed by atoms with Gasteiger partial charge in [0.05, 0.1) is 10.0 Å². The Labute approximate surface area is 70.5 Å². The van der Waals surface area contributed by atoms with E-state index in [9.17, 15) is 20.2 Å². The Hall–Kier alpha value is -2.03. The van der Waals surface area contributed by atoms with Crippen molar-refractivity contribution in [2.75, 3.05) is 0 Å². The van der Waals surface area contributed by atoms with Crippen LogP contribution in [-0.4, -0.2) is 24.7 Å². The Kier molecular flexibility index (Phi) is 2.19. The van der Waals surface area contributed by atoms with Gasteiger partial charge in [-0.3, -0.25) is 10.1 Å². The average molecular weight is 188 g/mol. The number of aliphatic hydroxyl groups excluding tert-OH is 1. The van der Waals surface area contributed by atoms with Gasteiger partial charge in [0.25, 0.3) is 0 Å². The fraction of sp³-hybridized carbons (Fsp3) is 0.250. The number of hydrogen-bond donors (Lipinski definition) is 1. The first-order valence-corrected chi connectivity index (χ1v) is 3.03. The fourth-order valence-electron chi connectivity index (χ4n) is 0.732. The summed E-state index contributed by atoms with van der Waals surface area (Å²) < 4.78 is 0.705. The molecule has 1 aromatic rings. The van der Waals surface area contributed by atoms with Crippen LogP contribution in [0.15, 0.2) is 6.20 Å². The van der Waals surface area contributed by atoms with Gasteiger partial charge in [-0.2, -0.15) is 0 Å². The second kappa shape index (κ2) is 3.15. The molecule has 9 heteroatoms. The van der Waals surface area contributed by atoms with Crippen molar-refractivity contribution >= 4 is 11.5 Å². The average Bonchev–Trinajstić information content (AvgIpc) is 2.47. The van der Waals surface area contributed by atoms with Crippen molar-refractivity contribution in [1.82, 2.24) is 9.78 Å². The van der Waals surface area contributed by atoms with E-state index in [2.05, 4.69) is 5.10 Å². The third-order valence-electron chi connectivity index (χ3n) is 1.24. The molecule has 70 valence electrons. The number of nitrogens with zero attached hydrogens (tertiary/aromatic N) is 4. The highest BCUT2D eigenvalue weighted by molar-refractivity contribution is 5.44. The fourth-order valence-corrected chi connectivity index (χ4v) is 0.732. The summed E-state index contributed by atoms with van der Waals surface area (Å²) in [6.45, 7) is -0.644. The molecule has 0 saturated carbocycles. The largest absolute Gasteiger partial charge is 0.467 e. The van der Waals surface area contributed by atoms with Crippen molar-refractivity contribution in [3.63, 3.8) is 0 Å². The Morgan fingerprint density at radius 3 is 2.38 bits per heavy atom. The van der Waals surface area contributed by atoms with E-state index < -0.39 is 28.1 Å². The van der Waals surface area contributed by atoms with Crippen molar-refractivity contribution in [2.24, 2.45) is 0 Å². The molecule has 0 aromatic carbocycles. The predicted octanol–water partition coefficient (Wildman–Crippen LogP) is -0.351. The van der Waals surface area contributed by atoms with Gasteiger partial charge < -0.3 is 15.2 Å². The molecule has 1 rings (SSSR count). The highest BCUT2D eigenvalue weighted by Crippen LogP contribution is 2.23. The van der Waals surface area contributed by atoms with Crippen LogP contribution < -0.4 is 0 Å². The third-order valence-corrected chi connectivity index (χ3v) is 1.24. The topological polar surface area (TPSA) is 124 Å². The SMILES string of the molecule is O=[N+]([O-])c1cn(CO)nc1[N+](=O)[O-]. The molecular weight excluding hydrogens is 184 g/mol. The molecular formula is C4H4N4O5. The Balaban J connectivity index is 3.23. The van der Waals surface area contributed by atoms with Gasteiger partial charge in [0.1, 0.15) is 6.20 Å². The zero-order valence-corrected chi connectivity index (χ0v) is 6.15. The van der Waals surface area contributed by atoms with Crippen molar-refractivity contribution in [1.29, 1.82) is 0 Å². The van der Waals surface area contributed by atoms with E-state index in [4.69, 9.17) is 5.11 Å². The zero-order valence-electron chi connectivity index (χ0n) is 6.15. The number of aromatic nitrogens is 2. The lowest BCUT2D eigenvalue weighted by atomic mass is 10.5. The second-order valence-corrected chi connectivity index (χ2v) is 2.03. The third kappa shape index (κ3) is 1.59. The standard InChI is InChI=1S/C4H4N4O5/c9-2-6-1-3(7(10)11)4(5-6)8(12)13/h1,9H,2H2. The predicted molar refractivity (Wildman–Crippen MR) is 37.8 cm³/mol. The van der Waals surface area contributed by atoms with Gasteiger partial charge in [-0.05, 0) is 4.92 Å². The Bertz CT molecular complexity index is 326. The first-order chi connectivity index (χ1) is 6.06. The number of rotatable bonds is 3. The monoisotopic (exact) mass is 188 g/mol. The van der Waals surface area contributed by atoms with Crippen molar-refractivity contribution < 1.29 is 15.0 Å². The van der Waals surface area contributed by atoms with E-state index in [0.717, 1.165) is 6.20 Å². The summed E-state index contributed by atoms with van der Waals surface area (Å²) >= 11 is 0. The summed E-state index contributed by atoms with van der Waals surface area (Å²) in [5.74, 6) is -0.876. The second-order valence-electron chi connectivity index (χ2n) is 2.03. The quantitative estimate of drug-likeness (QED) is 0.510. The number of hydrogen-bond acceptors (Lipinski definition) is 6. The molecule has 0 unspecified atom stereocenters. The first-order valence-electron chi connectivity index (χ1n) is 3.03. The van der Waals surface area contributed by atoms with E-state index in [1.807, 2.05) is 0 Å². The van der Waals surface area contributed by atoms with Gasteiger partial charge in [-0.1, -0.05) is 0 Å². The van der Waals surface area contributed by atoms with E-state index in [1.165, 1.54) is 0 Å². The molecule has 1 heterocycles. The molecule has 0 aliphatic carbocycles. The zero-order chi connectivity index (χ0) is 10.0. The molecule has 0 amide bonds. The maximum atomic E-state index is 10.2. The summed E-state index contributed by atoms with van der Waals surface area (Å²) in [6, 6.07) is 0. The van der Waals surface area contributed by atoms with Gasteiger partial charge in [0.15, 0.2) is 6.73 Å². The van der Waals surface area contributed by atoms with Crippen LogP contribution in [0.25, 0.3) is 0 Å². The van der Waals surface area contributed by atoms with Crippen LogP contribution in [-0.2, 0) is 6.73 Å². The normalized spacial score (nSPS) is 9.92. The minimum atomic E-state index is -0.982. The minimum Gasteiger partial charge on any atom is -0.372 e. The molecule has 1 N–H and O–H groups in total. The van der Waals surface area contributed by atoms with Gasteiger partial charge in [-0.25, -0.2) is 0 Å². The summed E-state index contributed by atoms with van der Waals surface area (Å²) in [5.41, 5.74) is -0.737. The lowest BCUT2D eigenvalue weighted by Gasteiger charge is -1.85. The van der Waals surface area contributed by atoms with Crippen LogP contribution in [0, 0.1) is 20.2 Å². The maximum absolute atomic E-state index is 10.2. The van der Waals surface area contributed by atoms with Crippen LogP contribution in [0.4, 0.5) is 11.5 Å². The lowest BCUT2D eigenvalue weighted by molar-refractivity contribution is -0.424. The Morgan fingerprint density at radius 1 is 1.46 bits per heavy atom. The summed E-state index contributed by atoms with van der Waals surface area (Å²) in [5, 5.41) is 32.1. The van der Waals surface area contributed by atoms with E-state index >= 15 is 0 Å².